The molecule has 0 radical (unpaired) electrons. The Hall–Kier alpha value is -1.72. The predicted octanol–water partition coefficient (Wildman–Crippen LogP) is 4.12. The number of nitrogens with zero attached hydrogens (tertiary/aromatic N) is 2. The largest absolute Gasteiger partial charge is 0.361 e. The summed E-state index contributed by atoms with van der Waals surface area (Å²) in [4.78, 5) is 4.90. The summed E-state index contributed by atoms with van der Waals surface area (Å²) in [5, 5.41) is 0. The average molecular weight is 383 g/mol. The van der Waals surface area contributed by atoms with E-state index < -0.39 is 5.72 Å². The van der Waals surface area contributed by atoms with Gasteiger partial charge >= 0.3 is 0 Å². The van der Waals surface area contributed by atoms with Gasteiger partial charge in [0.25, 0.3) is 0 Å². The molecule has 2 atom stereocenters. The van der Waals surface area contributed by atoms with E-state index in [0.717, 1.165) is 51.0 Å². The van der Waals surface area contributed by atoms with E-state index in [1.165, 1.54) is 5.56 Å². The van der Waals surface area contributed by atoms with Crippen molar-refractivity contribution in [2.75, 3.05) is 40.4 Å². The Balaban J connectivity index is 1.81. The molecule has 3 rings (SSSR count). The maximum absolute atomic E-state index is 6.29. The van der Waals surface area contributed by atoms with Crippen LogP contribution < -0.4 is 0 Å². The molecule has 0 aromatic heterocycles. The predicted molar refractivity (Wildman–Crippen MR) is 114 cm³/mol. The Morgan fingerprint density at radius 2 is 1.61 bits per heavy atom. The molecule has 0 spiro atoms. The molecule has 4 heteroatoms. The summed E-state index contributed by atoms with van der Waals surface area (Å²) in [6.45, 7) is 6.16. The van der Waals surface area contributed by atoms with E-state index >= 15 is 0 Å². The molecule has 152 valence electrons. The maximum Gasteiger partial charge on any atom is 0.187 e. The number of ether oxygens (including phenoxy) is 2. The van der Waals surface area contributed by atoms with E-state index in [1.807, 2.05) is 7.11 Å². The van der Waals surface area contributed by atoms with Crippen molar-refractivity contribution in [3.05, 3.63) is 71.8 Å². The van der Waals surface area contributed by atoms with Crippen molar-refractivity contribution in [2.24, 2.45) is 0 Å². The molecule has 1 aliphatic rings. The topological polar surface area (TPSA) is 24.9 Å². The van der Waals surface area contributed by atoms with E-state index in [4.69, 9.17) is 9.47 Å². The van der Waals surface area contributed by atoms with Crippen LogP contribution in [0, 0.1) is 0 Å². The minimum Gasteiger partial charge on any atom is -0.361 e. The van der Waals surface area contributed by atoms with Crippen LogP contribution in [0.1, 0.15) is 30.9 Å². The summed E-state index contributed by atoms with van der Waals surface area (Å²) in [6.07, 6.45) is 3.13. The smallest absolute Gasteiger partial charge is 0.187 e. The zero-order valence-electron chi connectivity index (χ0n) is 17.5. The number of aryl methyl sites for hydroxylation is 1. The number of hydrogen-bond donors (Lipinski definition) is 0. The zero-order chi connectivity index (χ0) is 19.8. The van der Waals surface area contributed by atoms with Gasteiger partial charge in [-0.25, -0.2) is 0 Å². The number of methoxy groups -OCH3 is 2. The van der Waals surface area contributed by atoms with Gasteiger partial charge in [0.1, 0.15) is 0 Å². The van der Waals surface area contributed by atoms with Gasteiger partial charge in [0.15, 0.2) is 12.0 Å². The molecular weight excluding hydrogens is 348 g/mol. The fraction of sp³-hybridized carbons (Fsp3) is 0.500. The lowest BCUT2D eigenvalue weighted by atomic mass is 9.94. The molecule has 2 aromatic carbocycles. The van der Waals surface area contributed by atoms with E-state index in [9.17, 15) is 0 Å². The maximum atomic E-state index is 6.29. The standard InChI is InChI=1S/C24H34N2O2/c1-4-17-26-20-19-25(18-11-14-21-12-7-5-8-13-21)23(27-2)24(26,28-3)22-15-9-6-10-16-22/h5-10,12-13,15-16,23H,4,11,14,17-20H2,1-3H3. The molecule has 1 heterocycles. The van der Waals surface area contributed by atoms with Crippen LogP contribution in [-0.4, -0.2) is 56.4 Å². The summed E-state index contributed by atoms with van der Waals surface area (Å²) >= 11 is 0. The highest BCUT2D eigenvalue weighted by Gasteiger charge is 2.51. The van der Waals surface area contributed by atoms with Crippen molar-refractivity contribution < 1.29 is 9.47 Å². The van der Waals surface area contributed by atoms with Gasteiger partial charge in [0.2, 0.25) is 0 Å². The number of rotatable bonds is 9. The van der Waals surface area contributed by atoms with Crippen LogP contribution in [0.5, 0.6) is 0 Å². The van der Waals surface area contributed by atoms with Crippen LogP contribution in [-0.2, 0) is 21.6 Å². The highest BCUT2D eigenvalue weighted by Crippen LogP contribution is 2.39. The van der Waals surface area contributed by atoms with Gasteiger partial charge in [-0.2, -0.15) is 0 Å². The van der Waals surface area contributed by atoms with Gasteiger partial charge in [-0.05, 0) is 24.8 Å². The lowest BCUT2D eigenvalue weighted by Crippen LogP contribution is -2.67. The van der Waals surface area contributed by atoms with Crippen molar-refractivity contribution in [1.29, 1.82) is 0 Å². The van der Waals surface area contributed by atoms with Crippen molar-refractivity contribution >= 4 is 0 Å². The molecule has 0 bridgehead atoms. The highest BCUT2D eigenvalue weighted by atomic mass is 16.6. The molecule has 2 unspecified atom stereocenters. The average Bonchev–Trinajstić information content (AvgIpc) is 2.75. The van der Waals surface area contributed by atoms with Crippen molar-refractivity contribution in [3.8, 4) is 0 Å². The highest BCUT2D eigenvalue weighted by molar-refractivity contribution is 5.25. The third-order valence-corrected chi connectivity index (χ3v) is 5.76. The molecule has 0 amide bonds. The molecule has 4 nitrogen and oxygen atoms in total. The minimum atomic E-state index is -0.586. The lowest BCUT2D eigenvalue weighted by molar-refractivity contribution is -0.281. The van der Waals surface area contributed by atoms with Crippen molar-refractivity contribution in [3.63, 3.8) is 0 Å². The van der Waals surface area contributed by atoms with Gasteiger partial charge in [-0.1, -0.05) is 67.6 Å². The fourth-order valence-corrected chi connectivity index (χ4v) is 4.50. The quantitative estimate of drug-likeness (QED) is 0.651. The first-order valence-corrected chi connectivity index (χ1v) is 10.4. The molecule has 1 fully saturated rings. The van der Waals surface area contributed by atoms with Crippen LogP contribution >= 0.6 is 0 Å². The van der Waals surface area contributed by atoms with Gasteiger partial charge in [-0.15, -0.1) is 0 Å². The Morgan fingerprint density at radius 1 is 0.929 bits per heavy atom. The fourth-order valence-electron chi connectivity index (χ4n) is 4.50. The number of hydrogen-bond acceptors (Lipinski definition) is 4. The molecule has 0 N–H and O–H groups in total. The van der Waals surface area contributed by atoms with Gasteiger partial charge in [-0.3, -0.25) is 9.80 Å². The summed E-state index contributed by atoms with van der Waals surface area (Å²) in [7, 11) is 3.62. The van der Waals surface area contributed by atoms with E-state index in [2.05, 4.69) is 77.4 Å². The van der Waals surface area contributed by atoms with Crippen LogP contribution in [0.25, 0.3) is 0 Å². The normalized spacial score (nSPS) is 23.8. The van der Waals surface area contributed by atoms with Gasteiger partial charge in [0.05, 0.1) is 0 Å². The van der Waals surface area contributed by atoms with Crippen LogP contribution in [0.4, 0.5) is 0 Å². The molecule has 0 aliphatic carbocycles. The summed E-state index contributed by atoms with van der Waals surface area (Å²) in [5.41, 5.74) is 1.96. The van der Waals surface area contributed by atoms with Crippen LogP contribution in [0.3, 0.4) is 0 Å². The second-order valence-corrected chi connectivity index (χ2v) is 7.47. The first-order chi connectivity index (χ1) is 13.8. The Morgan fingerprint density at radius 3 is 2.21 bits per heavy atom. The summed E-state index contributed by atoms with van der Waals surface area (Å²) < 4.78 is 12.4. The minimum absolute atomic E-state index is 0.143. The molecule has 0 saturated carbocycles. The third kappa shape index (κ3) is 4.31. The second-order valence-electron chi connectivity index (χ2n) is 7.47. The van der Waals surface area contributed by atoms with Crippen molar-refractivity contribution in [2.45, 2.75) is 38.1 Å². The molecular formula is C24H34N2O2. The Bertz CT molecular complexity index is 694. The first-order valence-electron chi connectivity index (χ1n) is 10.4. The van der Waals surface area contributed by atoms with Crippen LogP contribution in [0.15, 0.2) is 60.7 Å². The third-order valence-electron chi connectivity index (χ3n) is 5.76. The summed E-state index contributed by atoms with van der Waals surface area (Å²) in [5.74, 6) is 0. The molecule has 28 heavy (non-hydrogen) atoms. The lowest BCUT2D eigenvalue weighted by Gasteiger charge is -2.54. The SMILES string of the molecule is CCCN1CCN(CCCc2ccccc2)C(OC)C1(OC)c1ccccc1. The second kappa shape index (κ2) is 10.2. The van der Waals surface area contributed by atoms with Crippen LogP contribution in [0.2, 0.25) is 0 Å². The number of benzene rings is 2. The first kappa shape index (κ1) is 21.0. The number of piperazine rings is 1. The molecule has 1 saturated heterocycles. The van der Waals surface area contributed by atoms with E-state index in [-0.39, 0.29) is 6.23 Å². The summed E-state index contributed by atoms with van der Waals surface area (Å²) in [6, 6.07) is 21.3. The molecule has 2 aromatic rings. The Kier molecular flexibility index (Phi) is 7.63. The van der Waals surface area contributed by atoms with E-state index in [1.54, 1.807) is 7.11 Å². The van der Waals surface area contributed by atoms with Crippen molar-refractivity contribution in [1.82, 2.24) is 9.80 Å². The zero-order valence-corrected chi connectivity index (χ0v) is 17.5. The monoisotopic (exact) mass is 382 g/mol. The van der Waals surface area contributed by atoms with Gasteiger partial charge in [0, 0.05) is 46.0 Å². The Labute approximate surface area is 170 Å². The van der Waals surface area contributed by atoms with Gasteiger partial charge < -0.3 is 9.47 Å². The molecule has 1 aliphatic heterocycles. The van der Waals surface area contributed by atoms with E-state index in [0.29, 0.717) is 0 Å².